The molecule has 5 nitrogen and oxygen atoms in total. The van der Waals surface area contributed by atoms with E-state index in [2.05, 4.69) is 22.0 Å². The van der Waals surface area contributed by atoms with Gasteiger partial charge in [0.05, 0.1) is 6.54 Å². The van der Waals surface area contributed by atoms with E-state index in [9.17, 15) is 4.79 Å². The van der Waals surface area contributed by atoms with Gasteiger partial charge in [-0.25, -0.2) is 0 Å². The highest BCUT2D eigenvalue weighted by Gasteiger charge is 2.34. The monoisotopic (exact) mass is 288 g/mol. The average Bonchev–Trinajstić information content (AvgIpc) is 2.89. The second-order valence-electron chi connectivity index (χ2n) is 6.24. The SMILES string of the molecule is CC1CN2CCCC2CN1CC(=O)Nc1ccc(N)cc1. The van der Waals surface area contributed by atoms with Gasteiger partial charge in [-0.1, -0.05) is 0 Å². The number of nitrogen functional groups attached to an aromatic ring is 1. The first-order valence-corrected chi connectivity index (χ1v) is 7.75. The summed E-state index contributed by atoms with van der Waals surface area (Å²) in [5.41, 5.74) is 7.16. The predicted molar refractivity (Wildman–Crippen MR) is 85.1 cm³/mol. The quantitative estimate of drug-likeness (QED) is 0.825. The zero-order chi connectivity index (χ0) is 14.8. The summed E-state index contributed by atoms with van der Waals surface area (Å²) in [5.74, 6) is 0.0538. The molecule has 0 bridgehead atoms. The van der Waals surface area contributed by atoms with Gasteiger partial charge in [-0.3, -0.25) is 14.6 Å². The number of carbonyl (C=O) groups is 1. The number of hydrogen-bond acceptors (Lipinski definition) is 4. The molecule has 1 amide bonds. The van der Waals surface area contributed by atoms with Crippen molar-refractivity contribution in [3.05, 3.63) is 24.3 Å². The molecule has 0 aliphatic carbocycles. The van der Waals surface area contributed by atoms with Gasteiger partial charge in [-0.05, 0) is 50.6 Å². The predicted octanol–water partition coefficient (Wildman–Crippen LogP) is 1.38. The Morgan fingerprint density at radius 1 is 1.33 bits per heavy atom. The normalized spacial score (nSPS) is 26.5. The summed E-state index contributed by atoms with van der Waals surface area (Å²) in [4.78, 5) is 17.1. The Labute approximate surface area is 126 Å². The number of nitrogens with zero attached hydrogens (tertiary/aromatic N) is 2. The number of carbonyl (C=O) groups excluding carboxylic acids is 1. The summed E-state index contributed by atoms with van der Waals surface area (Å²) in [6, 6.07) is 8.37. The third-order valence-corrected chi connectivity index (χ3v) is 4.61. The fourth-order valence-electron chi connectivity index (χ4n) is 3.42. The zero-order valence-electron chi connectivity index (χ0n) is 12.6. The molecule has 2 aliphatic rings. The number of anilines is 2. The number of nitrogens with two attached hydrogens (primary N) is 1. The Morgan fingerprint density at radius 2 is 2.10 bits per heavy atom. The van der Waals surface area contributed by atoms with Gasteiger partial charge in [-0.2, -0.15) is 0 Å². The van der Waals surface area contributed by atoms with Crippen molar-refractivity contribution in [1.82, 2.24) is 9.80 Å². The molecule has 1 aromatic rings. The van der Waals surface area contributed by atoms with Crippen molar-refractivity contribution >= 4 is 17.3 Å². The van der Waals surface area contributed by atoms with Crippen LogP contribution < -0.4 is 11.1 Å². The second-order valence-corrected chi connectivity index (χ2v) is 6.24. The maximum Gasteiger partial charge on any atom is 0.238 e. The van der Waals surface area contributed by atoms with Crippen LogP contribution in [0.2, 0.25) is 0 Å². The van der Waals surface area contributed by atoms with Crippen LogP contribution in [0.25, 0.3) is 0 Å². The number of piperazine rings is 1. The van der Waals surface area contributed by atoms with E-state index in [4.69, 9.17) is 5.73 Å². The topological polar surface area (TPSA) is 61.6 Å². The summed E-state index contributed by atoms with van der Waals surface area (Å²) in [7, 11) is 0. The summed E-state index contributed by atoms with van der Waals surface area (Å²) in [6.45, 7) is 6.00. The molecule has 2 aliphatic heterocycles. The molecule has 3 N–H and O–H groups in total. The Hall–Kier alpha value is -1.59. The number of nitrogens with one attached hydrogen (secondary N) is 1. The van der Waals surface area contributed by atoms with Gasteiger partial charge in [-0.15, -0.1) is 0 Å². The van der Waals surface area contributed by atoms with Crippen LogP contribution in [0.4, 0.5) is 11.4 Å². The highest BCUT2D eigenvalue weighted by molar-refractivity contribution is 5.92. The molecular weight excluding hydrogens is 264 g/mol. The van der Waals surface area contributed by atoms with Crippen molar-refractivity contribution in [2.75, 3.05) is 37.2 Å². The van der Waals surface area contributed by atoms with Crippen molar-refractivity contribution in [2.45, 2.75) is 31.8 Å². The molecule has 0 saturated carbocycles. The third kappa shape index (κ3) is 3.36. The van der Waals surface area contributed by atoms with Gasteiger partial charge < -0.3 is 11.1 Å². The number of benzene rings is 1. The lowest BCUT2D eigenvalue weighted by Crippen LogP contribution is -2.56. The molecule has 3 rings (SSSR count). The summed E-state index contributed by atoms with van der Waals surface area (Å²) in [6.07, 6.45) is 2.56. The van der Waals surface area contributed by atoms with Crippen LogP contribution in [0.15, 0.2) is 24.3 Å². The van der Waals surface area contributed by atoms with Crippen LogP contribution in [-0.2, 0) is 4.79 Å². The molecular formula is C16H24N4O. The van der Waals surface area contributed by atoms with E-state index >= 15 is 0 Å². The van der Waals surface area contributed by atoms with E-state index in [1.54, 1.807) is 12.1 Å². The van der Waals surface area contributed by atoms with Gasteiger partial charge in [0.25, 0.3) is 0 Å². The summed E-state index contributed by atoms with van der Waals surface area (Å²) >= 11 is 0. The Morgan fingerprint density at radius 3 is 2.86 bits per heavy atom. The maximum atomic E-state index is 12.2. The second kappa shape index (κ2) is 6.03. The average molecular weight is 288 g/mol. The molecule has 0 spiro atoms. The lowest BCUT2D eigenvalue weighted by atomic mass is 10.1. The molecule has 2 atom stereocenters. The zero-order valence-corrected chi connectivity index (χ0v) is 12.6. The van der Waals surface area contributed by atoms with E-state index < -0.39 is 0 Å². The minimum atomic E-state index is 0.0538. The number of hydrogen-bond donors (Lipinski definition) is 2. The first kappa shape index (κ1) is 14.4. The highest BCUT2D eigenvalue weighted by Crippen LogP contribution is 2.24. The van der Waals surface area contributed by atoms with Crippen LogP contribution in [-0.4, -0.2) is 54.0 Å². The van der Waals surface area contributed by atoms with Crippen molar-refractivity contribution < 1.29 is 4.79 Å². The largest absolute Gasteiger partial charge is 0.399 e. The van der Waals surface area contributed by atoms with Crippen molar-refractivity contribution in [2.24, 2.45) is 0 Å². The van der Waals surface area contributed by atoms with Crippen LogP contribution in [0.5, 0.6) is 0 Å². The molecule has 0 aromatic heterocycles. The van der Waals surface area contributed by atoms with Crippen molar-refractivity contribution in [1.29, 1.82) is 0 Å². The number of rotatable bonds is 3. The van der Waals surface area contributed by atoms with Gasteiger partial charge >= 0.3 is 0 Å². The van der Waals surface area contributed by atoms with E-state index in [1.807, 2.05) is 12.1 Å². The van der Waals surface area contributed by atoms with Gasteiger partial charge in [0.15, 0.2) is 0 Å². The lowest BCUT2D eigenvalue weighted by Gasteiger charge is -2.41. The highest BCUT2D eigenvalue weighted by atomic mass is 16.2. The maximum absolute atomic E-state index is 12.2. The third-order valence-electron chi connectivity index (χ3n) is 4.61. The fourth-order valence-corrected chi connectivity index (χ4v) is 3.42. The lowest BCUT2D eigenvalue weighted by molar-refractivity contribution is -0.118. The molecule has 2 heterocycles. The Bertz CT molecular complexity index is 502. The first-order chi connectivity index (χ1) is 10.1. The van der Waals surface area contributed by atoms with Gasteiger partial charge in [0.1, 0.15) is 0 Å². The minimum absolute atomic E-state index is 0.0538. The number of amides is 1. The Kier molecular flexibility index (Phi) is 4.12. The van der Waals surface area contributed by atoms with E-state index in [1.165, 1.54) is 19.4 Å². The molecule has 2 saturated heterocycles. The van der Waals surface area contributed by atoms with E-state index in [0.29, 0.717) is 24.3 Å². The standard InChI is InChI=1S/C16H24N4O/c1-12-9-19-8-2-3-15(19)10-20(12)11-16(21)18-14-6-4-13(17)5-7-14/h4-7,12,15H,2-3,8-11,17H2,1H3,(H,18,21). The van der Waals surface area contributed by atoms with Crippen LogP contribution in [0.3, 0.4) is 0 Å². The molecule has 5 heteroatoms. The molecule has 1 aromatic carbocycles. The smallest absolute Gasteiger partial charge is 0.238 e. The summed E-state index contributed by atoms with van der Waals surface area (Å²) in [5, 5.41) is 2.95. The molecule has 21 heavy (non-hydrogen) atoms. The minimum Gasteiger partial charge on any atom is -0.399 e. The first-order valence-electron chi connectivity index (χ1n) is 7.75. The van der Waals surface area contributed by atoms with E-state index in [-0.39, 0.29) is 5.91 Å². The molecule has 0 radical (unpaired) electrons. The van der Waals surface area contributed by atoms with Crippen molar-refractivity contribution in [3.8, 4) is 0 Å². The van der Waals surface area contributed by atoms with Crippen molar-refractivity contribution in [3.63, 3.8) is 0 Å². The fraction of sp³-hybridized carbons (Fsp3) is 0.562. The van der Waals surface area contributed by atoms with Gasteiger partial charge in [0.2, 0.25) is 5.91 Å². The van der Waals surface area contributed by atoms with Crippen LogP contribution >= 0.6 is 0 Å². The molecule has 2 unspecified atom stereocenters. The van der Waals surface area contributed by atoms with Gasteiger partial charge in [0, 0.05) is 36.5 Å². The Balaban J connectivity index is 1.55. The van der Waals surface area contributed by atoms with Crippen LogP contribution in [0, 0.1) is 0 Å². The molecule has 114 valence electrons. The van der Waals surface area contributed by atoms with Crippen LogP contribution in [0.1, 0.15) is 19.8 Å². The summed E-state index contributed by atoms with van der Waals surface area (Å²) < 4.78 is 0. The number of fused-ring (bicyclic) bond motifs is 1. The van der Waals surface area contributed by atoms with E-state index in [0.717, 1.165) is 18.8 Å². The molecule has 2 fully saturated rings.